The molecule has 0 aromatic heterocycles. The number of benzene rings is 2. The minimum atomic E-state index is -0.0916. The third-order valence-electron chi connectivity index (χ3n) is 5.72. The Hall–Kier alpha value is -2.62. The number of likely N-dealkylation sites (tertiary alicyclic amines) is 1. The Morgan fingerprint density at radius 1 is 1.04 bits per heavy atom. The molecule has 4 rings (SSSR count). The van der Waals surface area contributed by atoms with Crippen LogP contribution in [-0.2, 0) is 16.0 Å². The molecule has 2 aliphatic heterocycles. The molecule has 2 fully saturated rings. The van der Waals surface area contributed by atoms with Crippen molar-refractivity contribution in [3.63, 3.8) is 0 Å². The quantitative estimate of drug-likeness (QED) is 0.855. The first-order valence-corrected chi connectivity index (χ1v) is 9.24. The summed E-state index contributed by atoms with van der Waals surface area (Å²) in [6.45, 7) is 4.19. The van der Waals surface area contributed by atoms with Gasteiger partial charge in [-0.05, 0) is 30.5 Å². The van der Waals surface area contributed by atoms with E-state index in [9.17, 15) is 9.59 Å². The van der Waals surface area contributed by atoms with Crippen LogP contribution in [-0.4, -0.2) is 36.3 Å². The molecule has 0 unspecified atom stereocenters. The molecular weight excluding hydrogens is 324 g/mol. The van der Waals surface area contributed by atoms with Crippen molar-refractivity contribution in [2.45, 2.75) is 26.2 Å². The van der Waals surface area contributed by atoms with Crippen LogP contribution in [0.25, 0.3) is 0 Å². The van der Waals surface area contributed by atoms with E-state index < -0.39 is 0 Å². The monoisotopic (exact) mass is 348 g/mol. The Morgan fingerprint density at radius 3 is 2.54 bits per heavy atom. The number of carbonyl (C=O) groups excluding carboxylic acids is 2. The minimum Gasteiger partial charge on any atom is -0.342 e. The van der Waals surface area contributed by atoms with Gasteiger partial charge in [-0.1, -0.05) is 48.5 Å². The molecule has 0 bridgehead atoms. The number of para-hydroxylation sites is 1. The average molecular weight is 348 g/mol. The van der Waals surface area contributed by atoms with Crippen LogP contribution < -0.4 is 4.90 Å². The van der Waals surface area contributed by atoms with Gasteiger partial charge >= 0.3 is 0 Å². The average Bonchev–Trinajstić information content (AvgIpc) is 3.19. The normalized spacial score (nSPS) is 22.4. The van der Waals surface area contributed by atoms with Crippen LogP contribution >= 0.6 is 0 Å². The molecule has 134 valence electrons. The summed E-state index contributed by atoms with van der Waals surface area (Å²) in [5, 5.41) is 0. The topological polar surface area (TPSA) is 40.6 Å². The molecule has 2 heterocycles. The van der Waals surface area contributed by atoms with E-state index in [1.54, 1.807) is 0 Å². The Balaban J connectivity index is 1.45. The van der Waals surface area contributed by atoms with E-state index in [0.717, 1.165) is 29.8 Å². The van der Waals surface area contributed by atoms with Gasteiger partial charge in [-0.3, -0.25) is 9.59 Å². The summed E-state index contributed by atoms with van der Waals surface area (Å²) in [6, 6.07) is 17.9. The fourth-order valence-electron chi connectivity index (χ4n) is 4.29. The van der Waals surface area contributed by atoms with Gasteiger partial charge < -0.3 is 9.80 Å². The van der Waals surface area contributed by atoms with E-state index in [1.807, 2.05) is 71.3 Å². The standard InChI is InChI=1S/C22H24N2O2/c1-17-7-5-6-10-19(17)24-16-22(14-21(24)26)11-12-23(15-22)20(25)13-18-8-3-2-4-9-18/h2-10H,11-16H2,1H3/t22-/m0/s1. The fraction of sp³-hybridized carbons (Fsp3) is 0.364. The van der Waals surface area contributed by atoms with Crippen molar-refractivity contribution in [2.24, 2.45) is 5.41 Å². The summed E-state index contributed by atoms with van der Waals surface area (Å²) in [5.41, 5.74) is 3.07. The molecule has 1 atom stereocenters. The number of carbonyl (C=O) groups is 2. The summed E-state index contributed by atoms with van der Waals surface area (Å²) in [4.78, 5) is 29.2. The van der Waals surface area contributed by atoms with Crippen molar-refractivity contribution in [3.8, 4) is 0 Å². The first-order valence-electron chi connectivity index (χ1n) is 9.24. The van der Waals surface area contributed by atoms with Gasteiger partial charge in [0.1, 0.15) is 0 Å². The molecule has 4 nitrogen and oxygen atoms in total. The highest BCUT2D eigenvalue weighted by molar-refractivity contribution is 5.97. The molecule has 0 aliphatic carbocycles. The van der Waals surface area contributed by atoms with Crippen LogP contribution in [0.2, 0.25) is 0 Å². The number of hydrogen-bond donors (Lipinski definition) is 0. The van der Waals surface area contributed by atoms with Crippen LogP contribution in [0.3, 0.4) is 0 Å². The first-order chi connectivity index (χ1) is 12.6. The molecule has 1 spiro atoms. The molecule has 2 aromatic carbocycles. The second-order valence-electron chi connectivity index (χ2n) is 7.67. The Labute approximate surface area is 154 Å². The molecule has 2 saturated heterocycles. The number of anilines is 1. The number of amides is 2. The van der Waals surface area contributed by atoms with Gasteiger partial charge in [0.15, 0.2) is 0 Å². The molecule has 4 heteroatoms. The van der Waals surface area contributed by atoms with E-state index >= 15 is 0 Å². The maximum absolute atomic E-state index is 12.7. The highest BCUT2D eigenvalue weighted by atomic mass is 16.2. The lowest BCUT2D eigenvalue weighted by molar-refractivity contribution is -0.130. The van der Waals surface area contributed by atoms with E-state index in [-0.39, 0.29) is 17.2 Å². The molecular formula is C22H24N2O2. The van der Waals surface area contributed by atoms with Gasteiger partial charge in [-0.25, -0.2) is 0 Å². The highest BCUT2D eigenvalue weighted by Crippen LogP contribution is 2.42. The van der Waals surface area contributed by atoms with Gasteiger partial charge in [0.2, 0.25) is 11.8 Å². The minimum absolute atomic E-state index is 0.0916. The van der Waals surface area contributed by atoms with Crippen molar-refractivity contribution in [1.29, 1.82) is 0 Å². The molecule has 2 aromatic rings. The Kier molecular flexibility index (Phi) is 4.27. The number of aryl methyl sites for hydroxylation is 1. The van der Waals surface area contributed by atoms with Gasteiger partial charge in [0.05, 0.1) is 6.42 Å². The lowest BCUT2D eigenvalue weighted by Gasteiger charge is -2.25. The zero-order valence-corrected chi connectivity index (χ0v) is 15.1. The smallest absolute Gasteiger partial charge is 0.227 e. The summed E-state index contributed by atoms with van der Waals surface area (Å²) < 4.78 is 0. The van der Waals surface area contributed by atoms with Crippen LogP contribution in [0.4, 0.5) is 5.69 Å². The van der Waals surface area contributed by atoms with Crippen LogP contribution in [0.5, 0.6) is 0 Å². The lowest BCUT2D eigenvalue weighted by atomic mass is 9.86. The van der Waals surface area contributed by atoms with Crippen molar-refractivity contribution in [2.75, 3.05) is 24.5 Å². The summed E-state index contributed by atoms with van der Waals surface area (Å²) >= 11 is 0. The zero-order chi connectivity index (χ0) is 18.1. The third kappa shape index (κ3) is 3.12. The molecule has 0 saturated carbocycles. The van der Waals surface area contributed by atoms with Crippen molar-refractivity contribution in [1.82, 2.24) is 4.90 Å². The van der Waals surface area contributed by atoms with E-state index in [1.165, 1.54) is 0 Å². The van der Waals surface area contributed by atoms with Crippen molar-refractivity contribution >= 4 is 17.5 Å². The molecule has 0 radical (unpaired) electrons. The van der Waals surface area contributed by atoms with Gasteiger partial charge in [-0.15, -0.1) is 0 Å². The maximum atomic E-state index is 12.7. The van der Waals surface area contributed by atoms with Gasteiger partial charge in [-0.2, -0.15) is 0 Å². The lowest BCUT2D eigenvalue weighted by Crippen LogP contribution is -2.35. The Bertz CT molecular complexity index is 833. The Morgan fingerprint density at radius 2 is 1.77 bits per heavy atom. The summed E-state index contributed by atoms with van der Waals surface area (Å²) in [6.07, 6.45) is 1.88. The van der Waals surface area contributed by atoms with E-state index in [0.29, 0.717) is 25.9 Å². The zero-order valence-electron chi connectivity index (χ0n) is 15.1. The van der Waals surface area contributed by atoms with Crippen LogP contribution in [0.15, 0.2) is 54.6 Å². The largest absolute Gasteiger partial charge is 0.342 e. The second-order valence-corrected chi connectivity index (χ2v) is 7.67. The first kappa shape index (κ1) is 16.8. The van der Waals surface area contributed by atoms with Crippen LogP contribution in [0.1, 0.15) is 24.0 Å². The van der Waals surface area contributed by atoms with Gasteiger partial charge in [0, 0.05) is 37.2 Å². The summed E-state index contributed by atoms with van der Waals surface area (Å²) in [5.74, 6) is 0.339. The fourth-order valence-corrected chi connectivity index (χ4v) is 4.29. The van der Waals surface area contributed by atoms with Crippen LogP contribution in [0, 0.1) is 12.3 Å². The second kappa shape index (κ2) is 6.60. The predicted molar refractivity (Wildman–Crippen MR) is 102 cm³/mol. The number of nitrogens with zero attached hydrogens (tertiary/aromatic N) is 2. The van der Waals surface area contributed by atoms with Crippen molar-refractivity contribution in [3.05, 3.63) is 65.7 Å². The third-order valence-corrected chi connectivity index (χ3v) is 5.72. The number of hydrogen-bond acceptors (Lipinski definition) is 2. The molecule has 2 aliphatic rings. The molecule has 2 amide bonds. The maximum Gasteiger partial charge on any atom is 0.227 e. The van der Waals surface area contributed by atoms with E-state index in [2.05, 4.69) is 0 Å². The SMILES string of the molecule is Cc1ccccc1N1C[C@@]2(CCN(C(=O)Cc3ccccc3)C2)CC1=O. The molecule has 26 heavy (non-hydrogen) atoms. The number of rotatable bonds is 3. The molecule has 0 N–H and O–H groups in total. The summed E-state index contributed by atoms with van der Waals surface area (Å²) in [7, 11) is 0. The highest BCUT2D eigenvalue weighted by Gasteiger charge is 2.48. The van der Waals surface area contributed by atoms with Crippen molar-refractivity contribution < 1.29 is 9.59 Å². The predicted octanol–water partition coefficient (Wildman–Crippen LogP) is 3.19. The van der Waals surface area contributed by atoms with Gasteiger partial charge in [0.25, 0.3) is 0 Å². The van der Waals surface area contributed by atoms with E-state index in [4.69, 9.17) is 0 Å².